The third kappa shape index (κ3) is 4.09. The van der Waals surface area contributed by atoms with Crippen molar-refractivity contribution in [1.29, 1.82) is 0 Å². The summed E-state index contributed by atoms with van der Waals surface area (Å²) in [5, 5.41) is 2.42. The van der Waals surface area contributed by atoms with Crippen molar-refractivity contribution in [2.45, 2.75) is 0 Å². The van der Waals surface area contributed by atoms with Gasteiger partial charge < -0.3 is 14.5 Å². The van der Waals surface area contributed by atoms with Gasteiger partial charge in [-0.05, 0) is 48.5 Å². The van der Waals surface area contributed by atoms with E-state index in [-0.39, 0.29) is 11.7 Å². The number of thiazole rings is 1. The Labute approximate surface area is 160 Å². The Hall–Kier alpha value is -2.93. The minimum absolute atomic E-state index is 0.00885. The van der Waals surface area contributed by atoms with Crippen LogP contribution in [-0.2, 0) is 0 Å². The van der Waals surface area contributed by atoms with Crippen LogP contribution in [0.25, 0.3) is 0 Å². The molecular weight excluding hydrogens is 365 g/mol. The minimum Gasteiger partial charge on any atom is -0.431 e. The number of hydrogen-bond donors (Lipinski definition) is 0. The summed E-state index contributed by atoms with van der Waals surface area (Å²) < 4.78 is 18.7. The molecule has 0 unspecified atom stereocenters. The molecule has 4 rings (SSSR count). The predicted molar refractivity (Wildman–Crippen MR) is 103 cm³/mol. The molecule has 0 aliphatic carbocycles. The maximum Gasteiger partial charge on any atom is 0.278 e. The third-order valence-corrected chi connectivity index (χ3v) is 5.12. The summed E-state index contributed by atoms with van der Waals surface area (Å²) >= 11 is 1.42. The largest absolute Gasteiger partial charge is 0.431 e. The van der Waals surface area contributed by atoms with Gasteiger partial charge in [0.1, 0.15) is 11.6 Å². The number of rotatable bonds is 4. The molecule has 1 aliphatic rings. The molecule has 7 heteroatoms. The van der Waals surface area contributed by atoms with Crippen molar-refractivity contribution in [3.8, 4) is 10.9 Å². The van der Waals surface area contributed by atoms with Gasteiger partial charge in [0.25, 0.3) is 11.1 Å². The second-order valence-electron chi connectivity index (χ2n) is 6.18. The molecule has 1 fully saturated rings. The molecule has 3 aromatic rings. The first-order chi connectivity index (χ1) is 13.2. The first-order valence-electron chi connectivity index (χ1n) is 8.66. The van der Waals surface area contributed by atoms with E-state index in [1.165, 1.54) is 23.5 Å². The highest BCUT2D eigenvalue weighted by Gasteiger charge is 2.22. The SMILES string of the molecule is O=C(c1ccc(Oc2nccs2)cc1)N1CCN(c2ccc(F)cc2)CC1. The number of halogens is 1. The first-order valence-corrected chi connectivity index (χ1v) is 9.54. The van der Waals surface area contributed by atoms with Gasteiger partial charge in [-0.3, -0.25) is 4.79 Å². The molecule has 0 radical (unpaired) electrons. The van der Waals surface area contributed by atoms with Crippen LogP contribution in [0.5, 0.6) is 10.9 Å². The van der Waals surface area contributed by atoms with Gasteiger partial charge in [-0.2, -0.15) is 0 Å². The van der Waals surface area contributed by atoms with E-state index in [4.69, 9.17) is 4.74 Å². The highest BCUT2D eigenvalue weighted by molar-refractivity contribution is 7.11. The number of hydrogen-bond acceptors (Lipinski definition) is 5. The van der Waals surface area contributed by atoms with Crippen LogP contribution in [-0.4, -0.2) is 42.0 Å². The Morgan fingerprint density at radius 1 is 1.00 bits per heavy atom. The molecule has 2 heterocycles. The minimum atomic E-state index is -0.241. The van der Waals surface area contributed by atoms with Gasteiger partial charge in [0.2, 0.25) is 0 Å². The number of amides is 1. The zero-order valence-corrected chi connectivity index (χ0v) is 15.4. The van der Waals surface area contributed by atoms with E-state index in [1.54, 1.807) is 42.6 Å². The van der Waals surface area contributed by atoms with E-state index < -0.39 is 0 Å². The van der Waals surface area contributed by atoms with Gasteiger partial charge in [0, 0.05) is 49.0 Å². The fourth-order valence-corrected chi connectivity index (χ4v) is 3.53. The highest BCUT2D eigenvalue weighted by atomic mass is 32.1. The summed E-state index contributed by atoms with van der Waals surface area (Å²) in [7, 11) is 0. The lowest BCUT2D eigenvalue weighted by atomic mass is 10.1. The molecule has 0 saturated carbocycles. The lowest BCUT2D eigenvalue weighted by molar-refractivity contribution is 0.0747. The van der Waals surface area contributed by atoms with Crippen LogP contribution in [0.2, 0.25) is 0 Å². The highest BCUT2D eigenvalue weighted by Crippen LogP contribution is 2.24. The van der Waals surface area contributed by atoms with Gasteiger partial charge >= 0.3 is 0 Å². The summed E-state index contributed by atoms with van der Waals surface area (Å²) in [6.07, 6.45) is 1.68. The molecule has 2 aromatic carbocycles. The smallest absolute Gasteiger partial charge is 0.278 e. The Bertz CT molecular complexity index is 890. The van der Waals surface area contributed by atoms with E-state index >= 15 is 0 Å². The first kappa shape index (κ1) is 17.5. The molecule has 0 spiro atoms. The van der Waals surface area contributed by atoms with Gasteiger partial charge in [0.15, 0.2) is 0 Å². The van der Waals surface area contributed by atoms with Crippen LogP contribution in [0.3, 0.4) is 0 Å². The molecule has 1 amide bonds. The van der Waals surface area contributed by atoms with Crippen molar-refractivity contribution in [2.75, 3.05) is 31.1 Å². The molecule has 1 saturated heterocycles. The average Bonchev–Trinajstić information content (AvgIpc) is 3.22. The molecule has 138 valence electrons. The van der Waals surface area contributed by atoms with Crippen molar-refractivity contribution < 1.29 is 13.9 Å². The number of benzene rings is 2. The molecule has 1 aromatic heterocycles. The maximum absolute atomic E-state index is 13.1. The molecular formula is C20H18FN3O2S. The van der Waals surface area contributed by atoms with E-state index in [1.807, 2.05) is 10.3 Å². The summed E-state index contributed by atoms with van der Waals surface area (Å²) in [5.74, 6) is 0.423. The van der Waals surface area contributed by atoms with Crippen LogP contribution in [0.4, 0.5) is 10.1 Å². The van der Waals surface area contributed by atoms with Crippen molar-refractivity contribution in [2.24, 2.45) is 0 Å². The van der Waals surface area contributed by atoms with Crippen molar-refractivity contribution in [1.82, 2.24) is 9.88 Å². The summed E-state index contributed by atoms with van der Waals surface area (Å²) in [4.78, 5) is 20.8. The number of nitrogens with zero attached hydrogens (tertiary/aromatic N) is 3. The molecule has 27 heavy (non-hydrogen) atoms. The van der Waals surface area contributed by atoms with E-state index in [0.29, 0.717) is 29.6 Å². The summed E-state index contributed by atoms with van der Waals surface area (Å²) in [5.41, 5.74) is 1.61. The number of carbonyl (C=O) groups is 1. The average molecular weight is 383 g/mol. The Balaban J connectivity index is 1.35. The van der Waals surface area contributed by atoms with Crippen LogP contribution in [0.1, 0.15) is 10.4 Å². The molecule has 0 bridgehead atoms. The third-order valence-electron chi connectivity index (χ3n) is 4.47. The Morgan fingerprint density at radius 3 is 2.33 bits per heavy atom. The van der Waals surface area contributed by atoms with Crippen molar-refractivity contribution in [3.63, 3.8) is 0 Å². The molecule has 0 atom stereocenters. The van der Waals surface area contributed by atoms with Gasteiger partial charge in [-0.15, -0.1) is 0 Å². The van der Waals surface area contributed by atoms with Crippen molar-refractivity contribution >= 4 is 22.9 Å². The zero-order valence-electron chi connectivity index (χ0n) is 14.5. The number of anilines is 1. The predicted octanol–water partition coefficient (Wildman–Crippen LogP) is 4.04. The fraction of sp³-hybridized carbons (Fsp3) is 0.200. The van der Waals surface area contributed by atoms with E-state index in [2.05, 4.69) is 9.88 Å². The second-order valence-corrected chi connectivity index (χ2v) is 7.04. The summed E-state index contributed by atoms with van der Waals surface area (Å²) in [6, 6.07) is 13.6. The fourth-order valence-electron chi connectivity index (χ4n) is 3.03. The number of piperazine rings is 1. The van der Waals surface area contributed by atoms with Gasteiger partial charge in [0.05, 0.1) is 0 Å². The van der Waals surface area contributed by atoms with Gasteiger partial charge in [-0.25, -0.2) is 9.37 Å². The number of ether oxygens (including phenoxy) is 1. The van der Waals surface area contributed by atoms with Crippen LogP contribution in [0.15, 0.2) is 60.1 Å². The standard InChI is InChI=1S/C20H18FN3O2S/c21-16-3-5-17(6-4-16)23-10-12-24(13-11-23)19(25)15-1-7-18(8-2-15)26-20-22-9-14-27-20/h1-9,14H,10-13H2. The van der Waals surface area contributed by atoms with Crippen molar-refractivity contribution in [3.05, 3.63) is 71.5 Å². The Morgan fingerprint density at radius 2 is 1.70 bits per heavy atom. The lowest BCUT2D eigenvalue weighted by Crippen LogP contribution is -2.48. The normalized spacial score (nSPS) is 14.3. The van der Waals surface area contributed by atoms with E-state index in [9.17, 15) is 9.18 Å². The lowest BCUT2D eigenvalue weighted by Gasteiger charge is -2.36. The molecule has 1 aliphatic heterocycles. The van der Waals surface area contributed by atoms with Crippen LogP contribution < -0.4 is 9.64 Å². The van der Waals surface area contributed by atoms with Crippen LogP contribution in [0, 0.1) is 5.82 Å². The van der Waals surface area contributed by atoms with Crippen LogP contribution >= 0.6 is 11.3 Å². The Kier molecular flexibility index (Phi) is 5.02. The quantitative estimate of drug-likeness (QED) is 0.682. The van der Waals surface area contributed by atoms with E-state index in [0.717, 1.165) is 18.8 Å². The maximum atomic E-state index is 13.1. The summed E-state index contributed by atoms with van der Waals surface area (Å²) in [6.45, 7) is 2.71. The monoisotopic (exact) mass is 383 g/mol. The topological polar surface area (TPSA) is 45.7 Å². The zero-order chi connectivity index (χ0) is 18.6. The number of carbonyl (C=O) groups excluding carboxylic acids is 1. The molecule has 5 nitrogen and oxygen atoms in total. The second kappa shape index (κ2) is 7.75. The van der Waals surface area contributed by atoms with Gasteiger partial charge in [-0.1, -0.05) is 11.3 Å². The number of aromatic nitrogens is 1. The molecule has 0 N–H and O–H groups in total.